The Morgan fingerprint density at radius 1 is 1.13 bits per heavy atom. The average Bonchev–Trinajstić information content (AvgIpc) is 2.57. The Bertz CT molecular complexity index is 525. The molecule has 0 unspecified atom stereocenters. The van der Waals surface area contributed by atoms with Gasteiger partial charge in [0.1, 0.15) is 0 Å². The van der Waals surface area contributed by atoms with E-state index in [4.69, 9.17) is 11.6 Å². The molecule has 126 valence electrons. The Morgan fingerprint density at radius 3 is 2.39 bits per heavy atom. The predicted molar refractivity (Wildman–Crippen MR) is 91.5 cm³/mol. The number of halogens is 1. The molecule has 1 aliphatic rings. The number of rotatable bonds is 6. The minimum atomic E-state index is 0.0211. The van der Waals surface area contributed by atoms with Gasteiger partial charge in [-0.05, 0) is 30.5 Å². The van der Waals surface area contributed by atoms with E-state index < -0.39 is 0 Å². The van der Waals surface area contributed by atoms with Crippen LogP contribution in [0.25, 0.3) is 0 Å². The van der Waals surface area contributed by atoms with Crippen molar-refractivity contribution in [3.63, 3.8) is 0 Å². The van der Waals surface area contributed by atoms with Crippen molar-refractivity contribution >= 4 is 23.4 Å². The first-order valence-electron chi connectivity index (χ1n) is 8.03. The number of likely N-dealkylation sites (N-methyl/N-ethyl adjacent to an activating group) is 1. The number of amides is 2. The van der Waals surface area contributed by atoms with Gasteiger partial charge >= 0.3 is 0 Å². The number of aryl methyl sites for hydroxylation is 1. The van der Waals surface area contributed by atoms with E-state index in [1.807, 2.05) is 29.2 Å². The third kappa shape index (κ3) is 5.84. The van der Waals surface area contributed by atoms with Gasteiger partial charge in [0.15, 0.2) is 0 Å². The third-order valence-electron chi connectivity index (χ3n) is 4.14. The van der Waals surface area contributed by atoms with Gasteiger partial charge in [-0.15, -0.1) is 0 Å². The number of hydrogen-bond donors (Lipinski definition) is 1. The summed E-state index contributed by atoms with van der Waals surface area (Å²) in [5, 5.41) is 3.36. The lowest BCUT2D eigenvalue weighted by Gasteiger charge is -2.34. The molecule has 1 fully saturated rings. The Hall–Kier alpha value is -1.59. The largest absolute Gasteiger partial charge is 0.358 e. The zero-order chi connectivity index (χ0) is 16.7. The van der Waals surface area contributed by atoms with Crippen molar-refractivity contribution in [2.45, 2.75) is 19.3 Å². The summed E-state index contributed by atoms with van der Waals surface area (Å²) in [5.74, 6) is 0.228. The molecule has 0 radical (unpaired) electrons. The lowest BCUT2D eigenvalue weighted by molar-refractivity contribution is -0.133. The van der Waals surface area contributed by atoms with E-state index in [1.54, 1.807) is 7.05 Å². The fourth-order valence-corrected chi connectivity index (χ4v) is 2.82. The molecule has 1 aliphatic heterocycles. The number of nitrogens with zero attached hydrogens (tertiary/aromatic N) is 2. The number of hydrogen-bond acceptors (Lipinski definition) is 3. The summed E-state index contributed by atoms with van der Waals surface area (Å²) in [4.78, 5) is 27.6. The topological polar surface area (TPSA) is 52.7 Å². The second-order valence-corrected chi connectivity index (χ2v) is 6.25. The molecule has 23 heavy (non-hydrogen) atoms. The Balaban J connectivity index is 1.67. The molecule has 2 rings (SSSR count). The SMILES string of the molecule is CNC(=O)CN1CCN(C(=O)CCCc2ccc(Cl)cc2)CC1. The molecule has 5 nitrogen and oxygen atoms in total. The van der Waals surface area contributed by atoms with Crippen molar-refractivity contribution in [3.8, 4) is 0 Å². The summed E-state index contributed by atoms with van der Waals surface area (Å²) in [7, 11) is 1.64. The van der Waals surface area contributed by atoms with E-state index in [2.05, 4.69) is 10.2 Å². The van der Waals surface area contributed by atoms with Gasteiger partial charge in [0.25, 0.3) is 0 Å². The number of carbonyl (C=O) groups excluding carboxylic acids is 2. The summed E-state index contributed by atoms with van der Waals surface area (Å²) in [5.41, 5.74) is 1.21. The summed E-state index contributed by atoms with van der Waals surface area (Å²) in [6.07, 6.45) is 2.30. The maximum atomic E-state index is 12.2. The van der Waals surface area contributed by atoms with E-state index in [9.17, 15) is 9.59 Å². The van der Waals surface area contributed by atoms with Crippen molar-refractivity contribution < 1.29 is 9.59 Å². The molecule has 0 spiro atoms. The molecule has 1 N–H and O–H groups in total. The summed E-state index contributed by atoms with van der Waals surface area (Å²) in [6, 6.07) is 7.77. The molecule has 1 aromatic rings. The highest BCUT2D eigenvalue weighted by Crippen LogP contribution is 2.12. The molecule has 1 heterocycles. The van der Waals surface area contributed by atoms with Crippen LogP contribution < -0.4 is 5.32 Å². The molecular formula is C17H24ClN3O2. The van der Waals surface area contributed by atoms with Crippen molar-refractivity contribution in [3.05, 3.63) is 34.9 Å². The number of carbonyl (C=O) groups is 2. The minimum absolute atomic E-state index is 0.0211. The van der Waals surface area contributed by atoms with Crippen LogP contribution in [0, 0.1) is 0 Å². The Labute approximate surface area is 142 Å². The molecule has 0 bridgehead atoms. The van der Waals surface area contributed by atoms with Crippen LogP contribution in [0.3, 0.4) is 0 Å². The number of benzene rings is 1. The van der Waals surface area contributed by atoms with Crippen molar-refractivity contribution in [1.82, 2.24) is 15.1 Å². The van der Waals surface area contributed by atoms with Crippen molar-refractivity contribution in [1.29, 1.82) is 0 Å². The first-order valence-corrected chi connectivity index (χ1v) is 8.41. The standard InChI is InChI=1S/C17H24ClN3O2/c1-19-16(22)13-20-9-11-21(12-10-20)17(23)4-2-3-14-5-7-15(18)8-6-14/h5-8H,2-4,9-13H2,1H3,(H,19,22). The number of nitrogens with one attached hydrogen (secondary N) is 1. The summed E-state index contributed by atoms with van der Waals surface area (Å²) < 4.78 is 0. The maximum absolute atomic E-state index is 12.2. The second-order valence-electron chi connectivity index (χ2n) is 5.81. The highest BCUT2D eigenvalue weighted by Gasteiger charge is 2.21. The molecule has 2 amide bonds. The van der Waals surface area contributed by atoms with E-state index in [1.165, 1.54) is 5.56 Å². The van der Waals surface area contributed by atoms with Crippen LogP contribution >= 0.6 is 11.6 Å². The predicted octanol–water partition coefficient (Wildman–Crippen LogP) is 1.55. The normalized spacial score (nSPS) is 15.5. The summed E-state index contributed by atoms with van der Waals surface area (Å²) >= 11 is 5.86. The lowest BCUT2D eigenvalue weighted by Crippen LogP contribution is -2.50. The van der Waals surface area contributed by atoms with E-state index in [0.717, 1.165) is 31.0 Å². The van der Waals surface area contributed by atoms with E-state index in [0.29, 0.717) is 26.1 Å². The van der Waals surface area contributed by atoms with Crippen LogP contribution in [0.5, 0.6) is 0 Å². The molecule has 0 aromatic heterocycles. The highest BCUT2D eigenvalue weighted by molar-refractivity contribution is 6.30. The smallest absolute Gasteiger partial charge is 0.233 e. The summed E-state index contributed by atoms with van der Waals surface area (Å²) in [6.45, 7) is 3.34. The maximum Gasteiger partial charge on any atom is 0.233 e. The molecule has 0 atom stereocenters. The van der Waals surface area contributed by atoms with Gasteiger partial charge in [-0.1, -0.05) is 23.7 Å². The fraction of sp³-hybridized carbons (Fsp3) is 0.529. The third-order valence-corrected chi connectivity index (χ3v) is 4.39. The fourth-order valence-electron chi connectivity index (χ4n) is 2.69. The second kappa shape index (κ2) is 8.89. The molecule has 6 heteroatoms. The van der Waals surface area contributed by atoms with Gasteiger partial charge in [0.2, 0.25) is 11.8 Å². The van der Waals surface area contributed by atoms with Gasteiger partial charge in [0.05, 0.1) is 6.54 Å². The molecule has 0 aliphatic carbocycles. The molecule has 1 saturated heterocycles. The first-order chi connectivity index (χ1) is 11.1. The van der Waals surface area contributed by atoms with Crippen molar-refractivity contribution in [2.24, 2.45) is 0 Å². The van der Waals surface area contributed by atoms with Gasteiger partial charge in [-0.3, -0.25) is 14.5 Å². The van der Waals surface area contributed by atoms with E-state index >= 15 is 0 Å². The zero-order valence-electron chi connectivity index (χ0n) is 13.6. The van der Waals surface area contributed by atoms with Crippen molar-refractivity contribution in [2.75, 3.05) is 39.8 Å². The Morgan fingerprint density at radius 2 is 1.78 bits per heavy atom. The zero-order valence-corrected chi connectivity index (χ0v) is 14.3. The van der Waals surface area contributed by atoms with Gasteiger partial charge in [-0.25, -0.2) is 0 Å². The molecule has 1 aromatic carbocycles. The van der Waals surface area contributed by atoms with Crippen LogP contribution in [0.4, 0.5) is 0 Å². The van der Waals surface area contributed by atoms with Crippen LogP contribution in [0.1, 0.15) is 18.4 Å². The van der Waals surface area contributed by atoms with Crippen LogP contribution in [0.2, 0.25) is 5.02 Å². The minimum Gasteiger partial charge on any atom is -0.358 e. The van der Waals surface area contributed by atoms with Crippen LogP contribution in [-0.2, 0) is 16.0 Å². The van der Waals surface area contributed by atoms with Crippen LogP contribution in [0.15, 0.2) is 24.3 Å². The van der Waals surface area contributed by atoms with E-state index in [-0.39, 0.29) is 11.8 Å². The monoisotopic (exact) mass is 337 g/mol. The van der Waals surface area contributed by atoms with Gasteiger partial charge < -0.3 is 10.2 Å². The molecular weight excluding hydrogens is 314 g/mol. The van der Waals surface area contributed by atoms with Gasteiger partial charge in [0, 0.05) is 44.7 Å². The first kappa shape index (κ1) is 17.8. The van der Waals surface area contributed by atoms with Gasteiger partial charge in [-0.2, -0.15) is 0 Å². The quantitative estimate of drug-likeness (QED) is 0.857. The Kier molecular flexibility index (Phi) is 6.86. The highest BCUT2D eigenvalue weighted by atomic mass is 35.5. The lowest BCUT2D eigenvalue weighted by atomic mass is 10.1. The molecule has 0 saturated carbocycles. The average molecular weight is 338 g/mol. The number of piperazine rings is 1. The van der Waals surface area contributed by atoms with Crippen LogP contribution in [-0.4, -0.2) is 61.4 Å².